The minimum Gasteiger partial charge on any atom is -0.208 e. The van der Waals surface area contributed by atoms with Gasteiger partial charge in [-0.15, -0.1) is 11.3 Å². The summed E-state index contributed by atoms with van der Waals surface area (Å²) in [7, 11) is 0. The highest BCUT2D eigenvalue weighted by Crippen LogP contribution is 2.42. The Morgan fingerprint density at radius 1 is 0.246 bits per heavy atom. The van der Waals surface area contributed by atoms with Gasteiger partial charge in [0.05, 0.1) is 0 Å². The molecule has 0 fully saturated rings. The lowest BCUT2D eigenvalue weighted by molar-refractivity contribution is 1.07. The first-order chi connectivity index (χ1) is 30.2. The van der Waals surface area contributed by atoms with Gasteiger partial charge in [-0.25, -0.2) is 15.0 Å². The van der Waals surface area contributed by atoms with Gasteiger partial charge in [0.2, 0.25) is 0 Å². The smallest absolute Gasteiger partial charge is 0.164 e. The summed E-state index contributed by atoms with van der Waals surface area (Å²) in [6.07, 6.45) is 0. The summed E-state index contributed by atoms with van der Waals surface area (Å²) in [5.41, 5.74) is 14.1. The molecule has 0 aliphatic rings. The number of thiophene rings is 1. The van der Waals surface area contributed by atoms with Crippen molar-refractivity contribution in [1.82, 2.24) is 15.0 Å². The van der Waals surface area contributed by atoms with Crippen LogP contribution in [0.2, 0.25) is 0 Å². The maximum atomic E-state index is 5.36. The van der Waals surface area contributed by atoms with E-state index in [1.54, 1.807) is 0 Å². The minimum absolute atomic E-state index is 0.615. The van der Waals surface area contributed by atoms with E-state index in [1.807, 2.05) is 11.3 Å². The number of hydrogen-bond acceptors (Lipinski definition) is 4. The monoisotopic (exact) mass is 795 g/mol. The van der Waals surface area contributed by atoms with Gasteiger partial charge in [-0.3, -0.25) is 0 Å². The Bertz CT molecular complexity index is 3070. The lowest BCUT2D eigenvalue weighted by Crippen LogP contribution is -2.01. The number of hydrogen-bond donors (Lipinski definition) is 0. The third kappa shape index (κ3) is 7.20. The van der Waals surface area contributed by atoms with Crippen LogP contribution in [0, 0.1) is 0 Å². The predicted molar refractivity (Wildman–Crippen MR) is 256 cm³/mol. The van der Waals surface area contributed by atoms with Crippen LogP contribution in [0.25, 0.3) is 110 Å². The third-order valence-electron chi connectivity index (χ3n) is 11.3. The summed E-state index contributed by atoms with van der Waals surface area (Å²) < 4.78 is 2.46. The van der Waals surface area contributed by atoms with E-state index in [9.17, 15) is 0 Å². The van der Waals surface area contributed by atoms with Gasteiger partial charge >= 0.3 is 0 Å². The van der Waals surface area contributed by atoms with Gasteiger partial charge in [0.25, 0.3) is 0 Å². The molecule has 0 amide bonds. The first-order valence-electron chi connectivity index (χ1n) is 20.5. The standard InChI is InChI=1S/C57H37N3S/c1-6-17-38(18-7-1)44-31-45(39-19-8-2-9-20-39)34-48(33-44)56-58-55(43-29-30-51-52-28-16-27-50(42-25-14-5-15-26-42)54(52)61-53(51)37-43)59-57(60-56)49-35-46(40-21-10-3-11-22-40)32-47(36-49)41-23-12-4-13-24-41/h1-37H. The van der Waals surface area contributed by atoms with Gasteiger partial charge < -0.3 is 0 Å². The molecule has 0 aliphatic heterocycles. The number of rotatable bonds is 8. The molecule has 3 nitrogen and oxygen atoms in total. The average Bonchev–Trinajstić information content (AvgIpc) is 3.73. The highest BCUT2D eigenvalue weighted by atomic mass is 32.1. The largest absolute Gasteiger partial charge is 0.208 e. The molecule has 0 N–H and O–H groups in total. The Morgan fingerprint density at radius 3 is 1.05 bits per heavy atom. The zero-order chi connectivity index (χ0) is 40.5. The van der Waals surface area contributed by atoms with Gasteiger partial charge in [-0.05, 0) is 98.1 Å². The van der Waals surface area contributed by atoms with Crippen molar-refractivity contribution in [2.24, 2.45) is 0 Å². The zero-order valence-electron chi connectivity index (χ0n) is 33.1. The van der Waals surface area contributed by atoms with Crippen molar-refractivity contribution < 1.29 is 0 Å². The Morgan fingerprint density at radius 2 is 0.623 bits per heavy atom. The second-order valence-electron chi connectivity index (χ2n) is 15.2. The quantitative estimate of drug-likeness (QED) is 0.154. The van der Waals surface area contributed by atoms with Crippen molar-refractivity contribution >= 4 is 31.5 Å². The molecule has 2 heterocycles. The van der Waals surface area contributed by atoms with E-state index in [1.165, 1.54) is 31.3 Å². The van der Waals surface area contributed by atoms with Crippen LogP contribution in [0.15, 0.2) is 224 Å². The van der Waals surface area contributed by atoms with Gasteiger partial charge in [0.1, 0.15) is 0 Å². The molecule has 11 aromatic rings. The van der Waals surface area contributed by atoms with Crippen LogP contribution in [0.3, 0.4) is 0 Å². The van der Waals surface area contributed by atoms with Crippen LogP contribution in [-0.4, -0.2) is 15.0 Å². The Balaban J connectivity index is 1.14. The molecule has 0 unspecified atom stereocenters. The lowest BCUT2D eigenvalue weighted by Gasteiger charge is -2.14. The molecule has 9 aromatic carbocycles. The molecule has 61 heavy (non-hydrogen) atoms. The second-order valence-corrected chi connectivity index (χ2v) is 16.3. The van der Waals surface area contributed by atoms with Crippen LogP contribution in [0.4, 0.5) is 0 Å². The van der Waals surface area contributed by atoms with Gasteiger partial charge in [-0.1, -0.05) is 182 Å². The molecule has 2 aromatic heterocycles. The molecular formula is C57H37N3S. The Labute approximate surface area is 359 Å². The van der Waals surface area contributed by atoms with Crippen molar-refractivity contribution in [2.75, 3.05) is 0 Å². The molecule has 0 bridgehead atoms. The normalized spacial score (nSPS) is 11.3. The average molecular weight is 796 g/mol. The van der Waals surface area contributed by atoms with Crippen LogP contribution < -0.4 is 0 Å². The second kappa shape index (κ2) is 15.8. The summed E-state index contributed by atoms with van der Waals surface area (Å²) in [5.74, 6) is 1.86. The zero-order valence-corrected chi connectivity index (χ0v) is 33.9. The van der Waals surface area contributed by atoms with Crippen LogP contribution >= 0.6 is 11.3 Å². The van der Waals surface area contributed by atoms with Crippen molar-refractivity contribution in [2.45, 2.75) is 0 Å². The van der Waals surface area contributed by atoms with E-state index in [2.05, 4.69) is 224 Å². The minimum atomic E-state index is 0.615. The summed E-state index contributed by atoms with van der Waals surface area (Å²) in [5, 5.41) is 2.48. The van der Waals surface area contributed by atoms with Crippen molar-refractivity contribution in [3.8, 4) is 89.8 Å². The molecular weight excluding hydrogens is 759 g/mol. The van der Waals surface area contributed by atoms with Crippen LogP contribution in [0.1, 0.15) is 0 Å². The molecule has 11 rings (SSSR count). The molecule has 0 atom stereocenters. The van der Waals surface area contributed by atoms with E-state index in [-0.39, 0.29) is 0 Å². The Hall–Kier alpha value is -7.79. The van der Waals surface area contributed by atoms with Gasteiger partial charge in [0.15, 0.2) is 17.5 Å². The molecule has 0 saturated heterocycles. The van der Waals surface area contributed by atoms with Gasteiger partial charge in [0, 0.05) is 36.9 Å². The van der Waals surface area contributed by atoms with E-state index in [4.69, 9.17) is 15.0 Å². The Kier molecular flexibility index (Phi) is 9.38. The lowest BCUT2D eigenvalue weighted by atomic mass is 9.95. The summed E-state index contributed by atoms with van der Waals surface area (Å²) in [6.45, 7) is 0. The highest BCUT2D eigenvalue weighted by Gasteiger charge is 2.18. The summed E-state index contributed by atoms with van der Waals surface area (Å²) in [6, 6.07) is 79.4. The van der Waals surface area contributed by atoms with E-state index in [0.717, 1.165) is 61.2 Å². The summed E-state index contributed by atoms with van der Waals surface area (Å²) >= 11 is 1.82. The van der Waals surface area contributed by atoms with Crippen LogP contribution in [-0.2, 0) is 0 Å². The SMILES string of the molecule is c1ccc(-c2cc(-c3ccccc3)cc(-c3nc(-c4cc(-c5ccccc5)cc(-c5ccccc5)c4)nc(-c4ccc5c(c4)sc4c(-c6ccccc6)cccc45)n3)c2)cc1. The molecule has 286 valence electrons. The maximum absolute atomic E-state index is 5.36. The predicted octanol–water partition coefficient (Wildman–Crippen LogP) is 15.6. The highest BCUT2D eigenvalue weighted by molar-refractivity contribution is 7.26. The van der Waals surface area contributed by atoms with Crippen molar-refractivity contribution in [3.05, 3.63) is 224 Å². The number of aromatic nitrogens is 3. The topological polar surface area (TPSA) is 38.7 Å². The fourth-order valence-corrected chi connectivity index (χ4v) is 9.53. The van der Waals surface area contributed by atoms with Crippen molar-refractivity contribution in [1.29, 1.82) is 0 Å². The number of fused-ring (bicyclic) bond motifs is 3. The molecule has 0 saturated carbocycles. The molecule has 4 heteroatoms. The number of nitrogens with zero attached hydrogens (tertiary/aromatic N) is 3. The van der Waals surface area contributed by atoms with Crippen LogP contribution in [0.5, 0.6) is 0 Å². The maximum Gasteiger partial charge on any atom is 0.164 e. The molecule has 0 radical (unpaired) electrons. The van der Waals surface area contributed by atoms with E-state index >= 15 is 0 Å². The molecule has 0 spiro atoms. The van der Waals surface area contributed by atoms with Gasteiger partial charge in [-0.2, -0.15) is 0 Å². The molecule has 0 aliphatic carbocycles. The fraction of sp³-hybridized carbons (Fsp3) is 0. The number of benzene rings is 9. The third-order valence-corrected chi connectivity index (χ3v) is 12.5. The first kappa shape index (κ1) is 36.3. The van der Waals surface area contributed by atoms with E-state index in [0.29, 0.717) is 17.5 Å². The summed E-state index contributed by atoms with van der Waals surface area (Å²) in [4.78, 5) is 16.0. The fourth-order valence-electron chi connectivity index (χ4n) is 8.25. The van der Waals surface area contributed by atoms with E-state index < -0.39 is 0 Å². The first-order valence-corrected chi connectivity index (χ1v) is 21.3. The van der Waals surface area contributed by atoms with Crippen molar-refractivity contribution in [3.63, 3.8) is 0 Å².